The third-order valence-corrected chi connectivity index (χ3v) is 5.66. The third-order valence-electron chi connectivity index (χ3n) is 5.66. The largest absolute Gasteiger partial charge is 0.359 e. The lowest BCUT2D eigenvalue weighted by Gasteiger charge is -2.51. The van der Waals surface area contributed by atoms with Crippen molar-refractivity contribution in [2.45, 2.75) is 65.5 Å². The molecule has 31 heavy (non-hydrogen) atoms. The number of amides is 1. The van der Waals surface area contributed by atoms with Gasteiger partial charge in [0.15, 0.2) is 0 Å². The Bertz CT molecular complexity index is 481. The molecule has 1 amide bonds. The second-order valence-electron chi connectivity index (χ2n) is 8.24. The second kappa shape index (κ2) is 19.1. The van der Waals surface area contributed by atoms with Crippen LogP contribution >= 0.6 is 0 Å². The van der Waals surface area contributed by atoms with Crippen molar-refractivity contribution in [3.63, 3.8) is 0 Å². The molecule has 1 rings (SSSR count). The normalized spacial score (nSPS) is 20.0. The first-order valence-electron chi connectivity index (χ1n) is 11.6. The van der Waals surface area contributed by atoms with E-state index in [4.69, 9.17) is 4.79 Å². The van der Waals surface area contributed by atoms with E-state index in [1.165, 1.54) is 6.08 Å². The maximum absolute atomic E-state index is 11.4. The van der Waals surface area contributed by atoms with Crippen LogP contribution in [0.2, 0.25) is 0 Å². The molecular formula is C24H48N4O3. The Morgan fingerprint density at radius 1 is 1.16 bits per heavy atom. The summed E-state index contributed by atoms with van der Waals surface area (Å²) in [7, 11) is 4.23. The summed E-state index contributed by atoms with van der Waals surface area (Å²) in [4.78, 5) is 38.4. The molecule has 0 aliphatic carbocycles. The average Bonchev–Trinajstić information content (AvgIpc) is 2.76. The van der Waals surface area contributed by atoms with Gasteiger partial charge in [-0.1, -0.05) is 41.2 Å². The number of nitrogens with one attached hydrogen (secondary N) is 1. The second-order valence-corrected chi connectivity index (χ2v) is 8.24. The number of nitrogens with zero attached hydrogens (tertiary/aromatic N) is 3. The number of hydrogen-bond acceptors (Lipinski definition) is 6. The smallest absolute Gasteiger partial charge is 0.207 e. The SMILES string of the molecule is C=CC=O.CC.CCCN1CCN(C)CC1(CCNC=O)CCN(C)C(C=O)C(C)C. The van der Waals surface area contributed by atoms with Gasteiger partial charge in [-0.15, -0.1) is 0 Å². The lowest BCUT2D eigenvalue weighted by atomic mass is 9.85. The average molecular weight is 441 g/mol. The van der Waals surface area contributed by atoms with Crippen molar-refractivity contribution in [1.82, 2.24) is 20.0 Å². The van der Waals surface area contributed by atoms with Crippen LogP contribution in [0.4, 0.5) is 0 Å². The molecule has 1 N–H and O–H groups in total. The topological polar surface area (TPSA) is 73.0 Å². The summed E-state index contributed by atoms with van der Waals surface area (Å²) in [6.45, 7) is 19.3. The molecule has 1 aliphatic rings. The van der Waals surface area contributed by atoms with E-state index in [9.17, 15) is 9.59 Å². The van der Waals surface area contributed by atoms with E-state index in [1.807, 2.05) is 20.9 Å². The van der Waals surface area contributed by atoms with E-state index in [0.29, 0.717) is 18.7 Å². The minimum atomic E-state index is -0.0360. The highest BCUT2D eigenvalue weighted by molar-refractivity contribution is 5.63. The number of hydrogen-bond donors (Lipinski definition) is 1. The zero-order valence-corrected chi connectivity index (χ0v) is 21.1. The van der Waals surface area contributed by atoms with Gasteiger partial charge in [0.1, 0.15) is 12.6 Å². The number of piperazine rings is 1. The van der Waals surface area contributed by atoms with Gasteiger partial charge in [0.2, 0.25) is 6.41 Å². The Morgan fingerprint density at radius 3 is 2.23 bits per heavy atom. The highest BCUT2D eigenvalue weighted by atomic mass is 16.1. The van der Waals surface area contributed by atoms with E-state index < -0.39 is 0 Å². The van der Waals surface area contributed by atoms with E-state index in [1.54, 1.807) is 0 Å². The number of likely N-dealkylation sites (N-methyl/N-ethyl adjacent to an activating group) is 2. The fraction of sp³-hybridized carbons (Fsp3) is 0.792. The summed E-state index contributed by atoms with van der Waals surface area (Å²) in [5.41, 5.74) is 0.0533. The molecule has 0 bridgehead atoms. The van der Waals surface area contributed by atoms with E-state index in [0.717, 1.165) is 64.7 Å². The van der Waals surface area contributed by atoms with Crippen LogP contribution in [-0.2, 0) is 14.4 Å². The molecule has 1 fully saturated rings. The Labute approximate surface area is 191 Å². The monoisotopic (exact) mass is 440 g/mol. The predicted octanol–water partition coefficient (Wildman–Crippen LogP) is 2.46. The highest BCUT2D eigenvalue weighted by Gasteiger charge is 2.40. The molecule has 1 saturated heterocycles. The molecule has 0 aromatic carbocycles. The molecule has 7 heteroatoms. The lowest BCUT2D eigenvalue weighted by molar-refractivity contribution is -0.114. The Kier molecular flexibility index (Phi) is 19.5. The summed E-state index contributed by atoms with van der Waals surface area (Å²) >= 11 is 0. The number of aldehydes is 2. The molecular weight excluding hydrogens is 392 g/mol. The molecule has 2 atom stereocenters. The van der Waals surface area contributed by atoms with Crippen molar-refractivity contribution in [3.05, 3.63) is 12.7 Å². The zero-order valence-electron chi connectivity index (χ0n) is 21.1. The number of rotatable bonds is 13. The Balaban J connectivity index is 0. The van der Waals surface area contributed by atoms with Crippen LogP contribution in [0, 0.1) is 5.92 Å². The van der Waals surface area contributed by atoms with E-state index >= 15 is 0 Å². The fourth-order valence-corrected chi connectivity index (χ4v) is 4.10. The van der Waals surface area contributed by atoms with Crippen LogP contribution in [0.1, 0.15) is 53.9 Å². The van der Waals surface area contributed by atoms with Crippen LogP contribution in [0.15, 0.2) is 12.7 Å². The quantitative estimate of drug-likeness (QED) is 0.269. The minimum Gasteiger partial charge on any atom is -0.359 e. The lowest BCUT2D eigenvalue weighted by Crippen LogP contribution is -2.63. The summed E-state index contributed by atoms with van der Waals surface area (Å²) < 4.78 is 0. The van der Waals surface area contributed by atoms with Crippen molar-refractivity contribution in [2.24, 2.45) is 5.92 Å². The van der Waals surface area contributed by atoms with Gasteiger partial charge >= 0.3 is 0 Å². The third kappa shape index (κ3) is 12.1. The predicted molar refractivity (Wildman–Crippen MR) is 130 cm³/mol. The van der Waals surface area contributed by atoms with Gasteiger partial charge in [-0.05, 0) is 51.9 Å². The first-order valence-corrected chi connectivity index (χ1v) is 11.6. The molecule has 2 unspecified atom stereocenters. The van der Waals surface area contributed by atoms with Crippen LogP contribution in [0.3, 0.4) is 0 Å². The first kappa shape index (κ1) is 31.6. The molecule has 1 heterocycles. The standard InChI is InChI=1S/C19H38N4O2.C3H4O.C2H6/c1-6-10-23-13-12-21(4)15-19(23,7-9-20-16-25)8-11-22(5)18(14-24)17(2)3;1-2-3-4;1-2/h14,16-18H,6-13,15H2,1-5H3,(H,20,25);2-3H,1H2;1-2H3. The fourth-order valence-electron chi connectivity index (χ4n) is 4.10. The van der Waals surface area contributed by atoms with Crippen LogP contribution in [0.5, 0.6) is 0 Å². The van der Waals surface area contributed by atoms with E-state index in [2.05, 4.69) is 54.4 Å². The van der Waals surface area contributed by atoms with Crippen molar-refractivity contribution in [3.8, 4) is 0 Å². The zero-order chi connectivity index (χ0) is 24.3. The van der Waals surface area contributed by atoms with E-state index in [-0.39, 0.29) is 11.6 Å². The van der Waals surface area contributed by atoms with Gasteiger partial charge in [0.05, 0.1) is 6.04 Å². The molecule has 0 aromatic rings. The maximum Gasteiger partial charge on any atom is 0.207 e. The van der Waals surface area contributed by atoms with Crippen LogP contribution < -0.4 is 5.32 Å². The van der Waals surface area contributed by atoms with Gasteiger partial charge in [-0.2, -0.15) is 0 Å². The minimum absolute atomic E-state index is 0.0360. The van der Waals surface area contributed by atoms with Gasteiger partial charge in [0, 0.05) is 38.3 Å². The van der Waals surface area contributed by atoms with Crippen molar-refractivity contribution in [1.29, 1.82) is 0 Å². The highest BCUT2D eigenvalue weighted by Crippen LogP contribution is 2.29. The van der Waals surface area contributed by atoms with Gasteiger partial charge in [0.25, 0.3) is 0 Å². The van der Waals surface area contributed by atoms with Crippen molar-refractivity contribution >= 4 is 19.0 Å². The number of carbonyl (C=O) groups is 3. The molecule has 7 nitrogen and oxygen atoms in total. The number of carbonyl (C=O) groups excluding carboxylic acids is 3. The molecule has 0 aromatic heterocycles. The molecule has 0 spiro atoms. The summed E-state index contributed by atoms with van der Waals surface area (Å²) in [5, 5.41) is 2.84. The van der Waals surface area contributed by atoms with Crippen molar-refractivity contribution < 1.29 is 14.4 Å². The van der Waals surface area contributed by atoms with Crippen LogP contribution in [-0.4, -0.2) is 98.6 Å². The molecule has 0 radical (unpaired) electrons. The summed E-state index contributed by atoms with van der Waals surface area (Å²) in [5.74, 6) is 0.316. The van der Waals surface area contributed by atoms with Gasteiger partial charge < -0.3 is 15.0 Å². The summed E-state index contributed by atoms with van der Waals surface area (Å²) in [6.07, 6.45) is 6.77. The Morgan fingerprint density at radius 2 is 1.77 bits per heavy atom. The number of allylic oxidation sites excluding steroid dienone is 1. The van der Waals surface area contributed by atoms with Gasteiger partial charge in [-0.3, -0.25) is 19.4 Å². The first-order chi connectivity index (χ1) is 14.8. The van der Waals surface area contributed by atoms with Crippen LogP contribution in [0.25, 0.3) is 0 Å². The molecule has 182 valence electrons. The molecule has 0 saturated carbocycles. The maximum atomic E-state index is 11.4. The molecule has 1 aliphatic heterocycles. The van der Waals surface area contributed by atoms with Gasteiger partial charge in [-0.25, -0.2) is 0 Å². The summed E-state index contributed by atoms with van der Waals surface area (Å²) in [6, 6.07) is -0.0360. The van der Waals surface area contributed by atoms with Crippen molar-refractivity contribution in [2.75, 3.05) is 53.4 Å². The Hall–Kier alpha value is -1.57.